The molecule has 406 valence electrons. The average molecular weight is 1100 g/mol. The zero-order valence-electron chi connectivity index (χ0n) is 43.3. The van der Waals surface area contributed by atoms with Crippen molar-refractivity contribution >= 4 is 92.2 Å². The number of carbonyl (C=O) groups is 2. The lowest BCUT2D eigenvalue weighted by atomic mass is 9.79. The van der Waals surface area contributed by atoms with Crippen LogP contribution in [-0.4, -0.2) is 123 Å². The lowest BCUT2D eigenvalue weighted by molar-refractivity contribution is -0.438. The van der Waals surface area contributed by atoms with Crippen molar-refractivity contribution in [3.05, 3.63) is 144 Å². The van der Waals surface area contributed by atoms with Crippen molar-refractivity contribution in [2.45, 2.75) is 77.0 Å². The normalized spacial score (nSPS) is 15.8. The molecule has 0 unspecified atom stereocenters. The number of nitrogens with zero attached hydrogens (tertiary/aromatic N) is 3. The Morgan fingerprint density at radius 3 is 1.95 bits per heavy atom. The van der Waals surface area contributed by atoms with Crippen LogP contribution in [-0.2, 0) is 46.0 Å². The first kappa shape index (κ1) is 57.3. The van der Waals surface area contributed by atoms with Crippen LogP contribution in [0.1, 0.15) is 87.7 Å². The van der Waals surface area contributed by atoms with Gasteiger partial charge in [0.25, 0.3) is 36.3 Å². The Labute approximate surface area is 446 Å². The fourth-order valence-electron chi connectivity index (χ4n) is 10.5. The standard InChI is InChI=1S/C56H67N5O12S3/c1-55(2)49(60(30-15-6-9-23-51(62)63)47-26-24-40-17-10-12-19-45(40)52(47)55)21-7-5-8-22-50-56(3,4)53-46-20-13-11-18-41(46)25-27-48(53)61(50)31-16-14-28-58-54(64)42-37-43(57-29-34-74(65,66)67)39-44(38-42)59(32-35-75(68,69)70)33-36-76(71,72)73/h5,7-8,10-13,17-22,24-27,37-39,57H,6,9,14-16,23,28-36H2,1-4H3,(H4-,58,62,63,64,65,66,67,68,69,70,71,72,73)/p+1. The number of hydrogen-bond acceptors (Lipinski definition) is 11. The van der Waals surface area contributed by atoms with Gasteiger partial charge in [-0.25, -0.2) is 0 Å². The molecule has 0 spiro atoms. The number of aliphatic carboxylic acids is 1. The molecule has 6 N–H and O–H groups in total. The second-order valence-electron chi connectivity index (χ2n) is 20.3. The van der Waals surface area contributed by atoms with E-state index in [0.29, 0.717) is 25.8 Å². The van der Waals surface area contributed by atoms with Crippen molar-refractivity contribution in [2.75, 3.05) is 71.6 Å². The largest absolute Gasteiger partial charge is 0.481 e. The minimum atomic E-state index is -4.51. The van der Waals surface area contributed by atoms with Gasteiger partial charge >= 0.3 is 5.97 Å². The quantitative estimate of drug-likeness (QED) is 0.0131. The first-order chi connectivity index (χ1) is 35.8. The first-order valence-electron chi connectivity index (χ1n) is 25.4. The summed E-state index contributed by atoms with van der Waals surface area (Å²) in [6, 6.07) is 29.7. The molecular formula is C56H68N5O12S3+. The van der Waals surface area contributed by atoms with Gasteiger partial charge in [0.1, 0.15) is 6.54 Å². The van der Waals surface area contributed by atoms with Crippen LogP contribution >= 0.6 is 0 Å². The molecule has 1 amide bonds. The third-order valence-corrected chi connectivity index (χ3v) is 16.2. The Bertz CT molecular complexity index is 3440. The number of carbonyl (C=O) groups excluding carboxylic acids is 1. The molecule has 0 atom stereocenters. The molecule has 0 saturated heterocycles. The van der Waals surface area contributed by atoms with Crippen LogP contribution in [0.3, 0.4) is 0 Å². The van der Waals surface area contributed by atoms with E-state index in [-0.39, 0.29) is 41.9 Å². The summed E-state index contributed by atoms with van der Waals surface area (Å²) >= 11 is 0. The Hall–Kier alpha value is -6.42. The van der Waals surface area contributed by atoms with Crippen molar-refractivity contribution in [2.24, 2.45) is 0 Å². The average Bonchev–Trinajstić information content (AvgIpc) is 3.78. The molecule has 5 aromatic carbocycles. The summed E-state index contributed by atoms with van der Waals surface area (Å²) in [6.45, 7) is 9.52. The van der Waals surface area contributed by atoms with E-state index < -0.39 is 78.0 Å². The minimum absolute atomic E-state index is 0.0670. The Kier molecular flexibility index (Phi) is 18.0. The van der Waals surface area contributed by atoms with Gasteiger partial charge in [0.2, 0.25) is 5.69 Å². The summed E-state index contributed by atoms with van der Waals surface area (Å²) in [5.74, 6) is -3.58. The maximum atomic E-state index is 13.8. The highest BCUT2D eigenvalue weighted by Gasteiger charge is 2.45. The molecule has 0 aliphatic carbocycles. The molecule has 5 aromatic rings. The molecular weight excluding hydrogens is 1030 g/mol. The summed E-state index contributed by atoms with van der Waals surface area (Å²) in [5.41, 5.74) is 6.71. The zero-order chi connectivity index (χ0) is 55.1. The third-order valence-electron chi connectivity index (χ3n) is 14.1. The summed E-state index contributed by atoms with van der Waals surface area (Å²) in [7, 11) is -13.4. The van der Waals surface area contributed by atoms with E-state index >= 15 is 0 Å². The van der Waals surface area contributed by atoms with Crippen LogP contribution < -0.4 is 20.4 Å². The molecule has 76 heavy (non-hydrogen) atoms. The van der Waals surface area contributed by atoms with E-state index in [0.717, 1.165) is 47.3 Å². The highest BCUT2D eigenvalue weighted by Crippen LogP contribution is 2.51. The van der Waals surface area contributed by atoms with Gasteiger partial charge in [-0.15, -0.1) is 0 Å². The summed E-state index contributed by atoms with van der Waals surface area (Å²) in [4.78, 5) is 28.6. The molecule has 0 aromatic heterocycles. The molecule has 2 aliphatic rings. The van der Waals surface area contributed by atoms with Crippen LogP contribution in [0, 0.1) is 0 Å². The van der Waals surface area contributed by atoms with Gasteiger partial charge in [0.05, 0.1) is 22.7 Å². The predicted molar refractivity (Wildman–Crippen MR) is 302 cm³/mol. The highest BCUT2D eigenvalue weighted by molar-refractivity contribution is 7.86. The second kappa shape index (κ2) is 23.9. The predicted octanol–water partition coefficient (Wildman–Crippen LogP) is 8.90. The van der Waals surface area contributed by atoms with Gasteiger partial charge in [-0.1, -0.05) is 86.7 Å². The van der Waals surface area contributed by atoms with E-state index in [9.17, 15) is 53.6 Å². The SMILES string of the molecule is CC1(C)C(/C=C/C=C/C=C2/N(CCCCNC(=O)c3cc(NCCS(=O)(=O)O)cc(N(CCS(=O)(=O)O)CCS(=O)(=O)O)c3)c3ccc4ccccc4c3C2(C)C)=[N+](CCCCCC(=O)O)c2ccc3ccccc3c21. The fraction of sp³-hybridized carbons (Fsp3) is 0.375. The van der Waals surface area contributed by atoms with Gasteiger partial charge in [0, 0.05) is 97.0 Å². The van der Waals surface area contributed by atoms with Gasteiger partial charge in [0.15, 0.2) is 5.71 Å². The number of nitrogens with one attached hydrogen (secondary N) is 2. The topological polar surface area (TPSA) is 251 Å². The summed E-state index contributed by atoms with van der Waals surface area (Å²) < 4.78 is 100. The fourth-order valence-corrected chi connectivity index (χ4v) is 11.8. The number of rotatable bonds is 26. The molecule has 2 aliphatic heterocycles. The van der Waals surface area contributed by atoms with Crippen LogP contribution in [0.15, 0.2) is 127 Å². The highest BCUT2D eigenvalue weighted by atomic mass is 32.2. The van der Waals surface area contributed by atoms with Crippen LogP contribution in [0.25, 0.3) is 21.5 Å². The smallest absolute Gasteiger partial charge is 0.303 e. The molecule has 7 rings (SSSR count). The van der Waals surface area contributed by atoms with Gasteiger partial charge in [-0.05, 0) is 103 Å². The van der Waals surface area contributed by atoms with E-state index in [1.165, 1.54) is 50.7 Å². The van der Waals surface area contributed by atoms with Crippen LogP contribution in [0.5, 0.6) is 0 Å². The molecule has 0 radical (unpaired) electrons. The molecule has 0 fully saturated rings. The first-order valence-corrected chi connectivity index (χ1v) is 30.2. The molecule has 17 nitrogen and oxygen atoms in total. The third kappa shape index (κ3) is 14.3. The number of benzene rings is 5. The lowest BCUT2D eigenvalue weighted by Gasteiger charge is -2.27. The van der Waals surface area contributed by atoms with E-state index in [1.807, 2.05) is 12.1 Å². The van der Waals surface area contributed by atoms with Crippen molar-refractivity contribution in [1.82, 2.24) is 5.32 Å². The monoisotopic (exact) mass is 1100 g/mol. The van der Waals surface area contributed by atoms with Gasteiger partial charge in [-0.3, -0.25) is 23.2 Å². The van der Waals surface area contributed by atoms with Crippen molar-refractivity contribution in [1.29, 1.82) is 0 Å². The number of carboxylic acids is 1. The zero-order valence-corrected chi connectivity index (χ0v) is 45.7. The molecule has 0 bridgehead atoms. The number of carboxylic acid groups (broad SMARTS) is 1. The second-order valence-corrected chi connectivity index (χ2v) is 25.0. The van der Waals surface area contributed by atoms with E-state index in [1.54, 1.807) is 0 Å². The lowest BCUT2D eigenvalue weighted by Crippen LogP contribution is -2.34. The van der Waals surface area contributed by atoms with Crippen LogP contribution in [0.4, 0.5) is 22.7 Å². The van der Waals surface area contributed by atoms with Crippen molar-refractivity contribution in [3.63, 3.8) is 0 Å². The molecule has 0 saturated carbocycles. The molecule has 20 heteroatoms. The Morgan fingerprint density at radius 1 is 0.671 bits per heavy atom. The van der Waals surface area contributed by atoms with E-state index in [4.69, 9.17) is 0 Å². The summed E-state index contributed by atoms with van der Waals surface area (Å²) in [6.07, 6.45) is 14.2. The minimum Gasteiger partial charge on any atom is -0.481 e. The maximum Gasteiger partial charge on any atom is 0.303 e. The Balaban J connectivity index is 1.10. The number of amides is 1. The van der Waals surface area contributed by atoms with Gasteiger partial charge in [-0.2, -0.15) is 29.8 Å². The molecule has 2 heterocycles. The van der Waals surface area contributed by atoms with Crippen LogP contribution in [0.2, 0.25) is 0 Å². The summed E-state index contributed by atoms with van der Waals surface area (Å²) in [5, 5.41) is 19.7. The van der Waals surface area contributed by atoms with Crippen molar-refractivity contribution in [3.8, 4) is 0 Å². The number of unbranched alkanes of at least 4 members (excludes halogenated alkanes) is 3. The van der Waals surface area contributed by atoms with Crippen molar-refractivity contribution < 1.29 is 58.2 Å². The number of fused-ring (bicyclic) bond motifs is 6. The number of allylic oxidation sites excluding steroid dienone is 6. The Morgan fingerprint density at radius 2 is 1.30 bits per heavy atom. The number of anilines is 3. The number of hydrogen-bond donors (Lipinski definition) is 6. The van der Waals surface area contributed by atoms with E-state index in [2.05, 4.69) is 139 Å². The maximum absolute atomic E-state index is 13.8. The van der Waals surface area contributed by atoms with Gasteiger partial charge < -0.3 is 25.5 Å².